The zero-order valence-electron chi connectivity index (χ0n) is 12.1. The lowest BCUT2D eigenvalue weighted by molar-refractivity contribution is -0.384. The molecule has 24 heavy (non-hydrogen) atoms. The second kappa shape index (κ2) is 6.47. The molecule has 0 atom stereocenters. The molecule has 0 bridgehead atoms. The molecule has 0 saturated carbocycles. The molecule has 3 rings (SSSR count). The van der Waals surface area contributed by atoms with Crippen molar-refractivity contribution in [3.63, 3.8) is 0 Å². The number of non-ortho nitro benzene ring substituents is 1. The number of nitro benzene ring substituents is 1. The molecule has 0 radical (unpaired) electrons. The van der Waals surface area contributed by atoms with Gasteiger partial charge in [-0.05, 0) is 24.3 Å². The van der Waals surface area contributed by atoms with E-state index in [0.717, 1.165) is 0 Å². The summed E-state index contributed by atoms with van der Waals surface area (Å²) in [6.45, 7) is 0. The number of aromatic amines is 1. The first kappa shape index (κ1) is 16.2. The molecular weight excluding hydrogens is 351 g/mol. The first-order chi connectivity index (χ1) is 11.5. The Morgan fingerprint density at radius 2 is 1.71 bits per heavy atom. The van der Waals surface area contributed by atoms with Gasteiger partial charge in [0.2, 0.25) is 0 Å². The van der Waals surface area contributed by atoms with E-state index in [1.807, 2.05) is 0 Å². The summed E-state index contributed by atoms with van der Waals surface area (Å²) < 4.78 is 0. The van der Waals surface area contributed by atoms with Crippen molar-refractivity contribution in [3.05, 3.63) is 86.1 Å². The molecule has 0 aliphatic rings. The van der Waals surface area contributed by atoms with Crippen molar-refractivity contribution in [3.8, 4) is 11.1 Å². The predicted octanol–water partition coefficient (Wildman–Crippen LogP) is 5.13. The number of carbonyl (C=O) groups is 1. The van der Waals surface area contributed by atoms with Crippen molar-refractivity contribution in [1.82, 2.24) is 4.98 Å². The van der Waals surface area contributed by atoms with Crippen molar-refractivity contribution >= 4 is 34.7 Å². The number of H-pyrrole nitrogens is 1. The quantitative estimate of drug-likeness (QED) is 0.398. The number of nitrogens with zero attached hydrogens (tertiary/aromatic N) is 1. The molecule has 0 unspecified atom stereocenters. The van der Waals surface area contributed by atoms with Crippen LogP contribution in [0.4, 0.5) is 5.69 Å². The maximum atomic E-state index is 12.7. The highest BCUT2D eigenvalue weighted by Gasteiger charge is 2.18. The molecule has 0 spiro atoms. The number of ketones is 1. The molecule has 0 amide bonds. The van der Waals surface area contributed by atoms with Gasteiger partial charge in [0, 0.05) is 56.8 Å². The zero-order chi connectivity index (χ0) is 17.3. The van der Waals surface area contributed by atoms with Gasteiger partial charge < -0.3 is 4.98 Å². The van der Waals surface area contributed by atoms with Crippen LogP contribution in [0, 0.1) is 10.1 Å². The monoisotopic (exact) mass is 360 g/mol. The molecule has 1 N–H and O–H groups in total. The van der Waals surface area contributed by atoms with Crippen LogP contribution in [0.2, 0.25) is 10.0 Å². The summed E-state index contributed by atoms with van der Waals surface area (Å²) in [6.07, 6.45) is 3.25. The lowest BCUT2D eigenvalue weighted by atomic mass is 9.98. The van der Waals surface area contributed by atoms with Crippen molar-refractivity contribution < 1.29 is 9.72 Å². The van der Waals surface area contributed by atoms with Gasteiger partial charge in [-0.3, -0.25) is 14.9 Å². The van der Waals surface area contributed by atoms with Crippen LogP contribution in [0.25, 0.3) is 11.1 Å². The second-order valence-electron chi connectivity index (χ2n) is 5.04. The Morgan fingerprint density at radius 3 is 2.33 bits per heavy atom. The number of nitrogens with one attached hydrogen (secondary N) is 1. The molecule has 0 aliphatic carbocycles. The van der Waals surface area contributed by atoms with Gasteiger partial charge in [0.15, 0.2) is 5.78 Å². The number of rotatable bonds is 4. The number of hydrogen-bond acceptors (Lipinski definition) is 3. The van der Waals surface area contributed by atoms with Gasteiger partial charge in [-0.25, -0.2) is 0 Å². The highest BCUT2D eigenvalue weighted by atomic mass is 35.5. The van der Waals surface area contributed by atoms with Crippen LogP contribution in [0.5, 0.6) is 0 Å². The molecule has 0 saturated heterocycles. The Kier molecular flexibility index (Phi) is 4.38. The summed E-state index contributed by atoms with van der Waals surface area (Å²) in [5.74, 6) is -0.257. The van der Waals surface area contributed by atoms with Crippen LogP contribution < -0.4 is 0 Å². The van der Waals surface area contributed by atoms with Crippen molar-refractivity contribution in [2.45, 2.75) is 0 Å². The second-order valence-corrected chi connectivity index (χ2v) is 5.88. The summed E-state index contributed by atoms with van der Waals surface area (Å²) in [5.41, 5.74) is 2.02. The van der Waals surface area contributed by atoms with Crippen LogP contribution >= 0.6 is 23.2 Å². The van der Waals surface area contributed by atoms with E-state index < -0.39 is 4.92 Å². The SMILES string of the molecule is O=C(c1ccc([N+](=O)[O-])cc1)c1c[nH]cc1-c1ccc(Cl)cc1Cl. The van der Waals surface area contributed by atoms with E-state index in [1.165, 1.54) is 24.3 Å². The number of aromatic nitrogens is 1. The fraction of sp³-hybridized carbons (Fsp3) is 0. The molecule has 0 fully saturated rings. The maximum Gasteiger partial charge on any atom is 0.269 e. The van der Waals surface area contributed by atoms with Crippen LogP contribution in [0.3, 0.4) is 0 Å². The minimum atomic E-state index is -0.510. The van der Waals surface area contributed by atoms with Gasteiger partial charge in [0.1, 0.15) is 0 Å². The first-order valence-corrected chi connectivity index (χ1v) is 7.64. The van der Waals surface area contributed by atoms with E-state index in [4.69, 9.17) is 23.2 Å². The average molecular weight is 361 g/mol. The first-order valence-electron chi connectivity index (χ1n) is 6.88. The Hall–Kier alpha value is -2.63. The third kappa shape index (κ3) is 3.04. The standard InChI is InChI=1S/C17H10Cl2N2O3/c18-11-3-6-13(16(19)7-11)14-8-20-9-15(14)17(22)10-1-4-12(5-2-10)21(23)24/h1-9,20H. The maximum absolute atomic E-state index is 12.7. The van der Waals surface area contributed by atoms with E-state index in [0.29, 0.717) is 32.3 Å². The zero-order valence-corrected chi connectivity index (χ0v) is 13.6. The Morgan fingerprint density at radius 1 is 1.00 bits per heavy atom. The van der Waals surface area contributed by atoms with Gasteiger partial charge in [-0.15, -0.1) is 0 Å². The third-order valence-corrected chi connectivity index (χ3v) is 4.10. The number of carbonyl (C=O) groups excluding carboxylic acids is 1. The lowest BCUT2D eigenvalue weighted by Crippen LogP contribution is -2.02. The van der Waals surface area contributed by atoms with E-state index in [-0.39, 0.29) is 11.5 Å². The molecule has 120 valence electrons. The number of halogens is 2. The molecule has 0 aliphatic heterocycles. The average Bonchev–Trinajstić information content (AvgIpc) is 3.03. The van der Waals surface area contributed by atoms with Crippen molar-refractivity contribution in [2.75, 3.05) is 0 Å². The fourth-order valence-electron chi connectivity index (χ4n) is 2.37. The van der Waals surface area contributed by atoms with E-state index in [9.17, 15) is 14.9 Å². The summed E-state index contributed by atoms with van der Waals surface area (Å²) in [4.78, 5) is 25.8. The molecule has 3 aromatic rings. The smallest absolute Gasteiger partial charge is 0.269 e. The number of benzene rings is 2. The van der Waals surface area contributed by atoms with Gasteiger partial charge >= 0.3 is 0 Å². The molecule has 1 heterocycles. The minimum Gasteiger partial charge on any atom is -0.366 e. The van der Waals surface area contributed by atoms with Crippen LogP contribution in [0.1, 0.15) is 15.9 Å². The number of hydrogen-bond donors (Lipinski definition) is 1. The third-order valence-electron chi connectivity index (χ3n) is 3.55. The molecular formula is C17H10Cl2N2O3. The van der Waals surface area contributed by atoms with Gasteiger partial charge in [0.05, 0.1) is 4.92 Å². The Balaban J connectivity index is 2.00. The summed E-state index contributed by atoms with van der Waals surface area (Å²) in [7, 11) is 0. The van der Waals surface area contributed by atoms with Crippen LogP contribution in [-0.2, 0) is 0 Å². The van der Waals surface area contributed by atoms with Gasteiger partial charge in [-0.2, -0.15) is 0 Å². The van der Waals surface area contributed by atoms with Crippen LogP contribution in [-0.4, -0.2) is 15.7 Å². The molecule has 1 aromatic heterocycles. The topological polar surface area (TPSA) is 76.0 Å². The Labute approximate surface area is 147 Å². The van der Waals surface area contributed by atoms with E-state index in [2.05, 4.69) is 4.98 Å². The molecule has 5 nitrogen and oxygen atoms in total. The molecule has 7 heteroatoms. The highest BCUT2D eigenvalue weighted by Crippen LogP contribution is 2.33. The minimum absolute atomic E-state index is 0.0680. The van der Waals surface area contributed by atoms with E-state index in [1.54, 1.807) is 30.6 Å². The van der Waals surface area contributed by atoms with Gasteiger partial charge in [-0.1, -0.05) is 29.3 Å². The Bertz CT molecular complexity index is 933. The van der Waals surface area contributed by atoms with Crippen molar-refractivity contribution in [2.24, 2.45) is 0 Å². The van der Waals surface area contributed by atoms with Crippen molar-refractivity contribution in [1.29, 1.82) is 0 Å². The predicted molar refractivity (Wildman–Crippen MR) is 92.8 cm³/mol. The van der Waals surface area contributed by atoms with Gasteiger partial charge in [0.25, 0.3) is 5.69 Å². The normalized spacial score (nSPS) is 10.6. The lowest BCUT2D eigenvalue weighted by Gasteiger charge is -2.06. The fourth-order valence-corrected chi connectivity index (χ4v) is 2.88. The largest absolute Gasteiger partial charge is 0.366 e. The van der Waals surface area contributed by atoms with E-state index >= 15 is 0 Å². The summed E-state index contributed by atoms with van der Waals surface area (Å²) in [5, 5.41) is 11.6. The molecule has 2 aromatic carbocycles. The summed E-state index contributed by atoms with van der Waals surface area (Å²) >= 11 is 12.1. The highest BCUT2D eigenvalue weighted by molar-refractivity contribution is 6.36. The number of nitro groups is 1. The summed E-state index contributed by atoms with van der Waals surface area (Å²) in [6, 6.07) is 10.5. The van der Waals surface area contributed by atoms with Crippen LogP contribution in [0.15, 0.2) is 54.9 Å².